The molecule has 0 radical (unpaired) electrons. The van der Waals surface area contributed by atoms with E-state index in [1.54, 1.807) is 24.7 Å². The highest BCUT2D eigenvalue weighted by Gasteiger charge is 2.14. The van der Waals surface area contributed by atoms with Crippen molar-refractivity contribution in [2.75, 3.05) is 7.11 Å². The standard InChI is InChI=1S/C14H15FN2O3/c1-9-11(7-16-17(9)2)14(18)20-8-10-4-5-13(19-3)12(15)6-10/h4-7H,8H2,1-3H3. The second-order valence-corrected chi connectivity index (χ2v) is 4.31. The topological polar surface area (TPSA) is 53.4 Å². The third kappa shape index (κ3) is 2.79. The molecule has 0 unspecified atom stereocenters. The molecule has 106 valence electrons. The van der Waals surface area contributed by atoms with Crippen LogP contribution in [0.15, 0.2) is 24.4 Å². The molecule has 2 aromatic rings. The van der Waals surface area contributed by atoms with Crippen LogP contribution in [0.25, 0.3) is 0 Å². The molecule has 0 spiro atoms. The van der Waals surface area contributed by atoms with Crippen molar-refractivity contribution in [3.8, 4) is 5.75 Å². The first kappa shape index (κ1) is 14.0. The number of methoxy groups -OCH3 is 1. The van der Waals surface area contributed by atoms with E-state index in [0.717, 1.165) is 5.69 Å². The van der Waals surface area contributed by atoms with E-state index in [1.807, 2.05) is 0 Å². The first-order valence-corrected chi connectivity index (χ1v) is 6.01. The van der Waals surface area contributed by atoms with Crippen LogP contribution in [0.1, 0.15) is 21.6 Å². The van der Waals surface area contributed by atoms with Crippen molar-refractivity contribution in [2.24, 2.45) is 7.05 Å². The van der Waals surface area contributed by atoms with Crippen LogP contribution in [-0.2, 0) is 18.4 Å². The van der Waals surface area contributed by atoms with Gasteiger partial charge in [-0.25, -0.2) is 9.18 Å². The molecule has 0 bridgehead atoms. The number of aryl methyl sites for hydroxylation is 1. The Bertz CT molecular complexity index is 637. The molecular weight excluding hydrogens is 263 g/mol. The predicted octanol–water partition coefficient (Wildman–Crippen LogP) is 2.23. The first-order valence-electron chi connectivity index (χ1n) is 6.01. The Kier molecular flexibility index (Phi) is 4.02. The van der Waals surface area contributed by atoms with Crippen LogP contribution in [0, 0.1) is 12.7 Å². The van der Waals surface area contributed by atoms with E-state index in [4.69, 9.17) is 9.47 Å². The van der Waals surface area contributed by atoms with Crippen LogP contribution >= 0.6 is 0 Å². The number of aromatic nitrogens is 2. The smallest absolute Gasteiger partial charge is 0.341 e. The minimum atomic E-state index is -0.487. The largest absolute Gasteiger partial charge is 0.494 e. The lowest BCUT2D eigenvalue weighted by Gasteiger charge is -2.06. The van der Waals surface area contributed by atoms with Crippen LogP contribution in [0.4, 0.5) is 4.39 Å². The molecule has 5 nitrogen and oxygen atoms in total. The average Bonchev–Trinajstić information content (AvgIpc) is 2.76. The molecule has 20 heavy (non-hydrogen) atoms. The maximum absolute atomic E-state index is 13.5. The maximum Gasteiger partial charge on any atom is 0.341 e. The number of nitrogens with zero attached hydrogens (tertiary/aromatic N) is 2. The fourth-order valence-electron chi connectivity index (χ4n) is 1.73. The van der Waals surface area contributed by atoms with Gasteiger partial charge in [-0.2, -0.15) is 5.10 Å². The van der Waals surface area contributed by atoms with Gasteiger partial charge < -0.3 is 9.47 Å². The van der Waals surface area contributed by atoms with Crippen molar-refractivity contribution < 1.29 is 18.7 Å². The normalized spacial score (nSPS) is 10.4. The molecular formula is C14H15FN2O3. The zero-order valence-electron chi connectivity index (χ0n) is 11.5. The minimum Gasteiger partial charge on any atom is -0.494 e. The van der Waals surface area contributed by atoms with Gasteiger partial charge in [-0.1, -0.05) is 6.07 Å². The molecule has 0 saturated heterocycles. The van der Waals surface area contributed by atoms with Crippen molar-refractivity contribution in [3.63, 3.8) is 0 Å². The van der Waals surface area contributed by atoms with Gasteiger partial charge in [0.1, 0.15) is 12.2 Å². The molecule has 0 fully saturated rings. The number of carbonyl (C=O) groups excluding carboxylic acids is 1. The summed E-state index contributed by atoms with van der Waals surface area (Å²) in [6.07, 6.45) is 1.45. The Morgan fingerprint density at radius 2 is 2.20 bits per heavy atom. The van der Waals surface area contributed by atoms with Crippen LogP contribution in [-0.4, -0.2) is 22.9 Å². The summed E-state index contributed by atoms with van der Waals surface area (Å²) in [5.74, 6) is -0.811. The number of ether oxygens (including phenoxy) is 2. The van der Waals surface area contributed by atoms with E-state index < -0.39 is 11.8 Å². The summed E-state index contributed by atoms with van der Waals surface area (Å²) in [7, 11) is 3.13. The fourth-order valence-corrected chi connectivity index (χ4v) is 1.73. The Hall–Kier alpha value is -2.37. The molecule has 0 aliphatic carbocycles. The van der Waals surface area contributed by atoms with Gasteiger partial charge in [-0.3, -0.25) is 4.68 Å². The second-order valence-electron chi connectivity index (χ2n) is 4.31. The summed E-state index contributed by atoms with van der Waals surface area (Å²) in [5, 5.41) is 3.97. The number of carbonyl (C=O) groups is 1. The minimum absolute atomic E-state index is 0.00587. The number of rotatable bonds is 4. The predicted molar refractivity (Wildman–Crippen MR) is 70.0 cm³/mol. The number of esters is 1. The lowest BCUT2D eigenvalue weighted by Crippen LogP contribution is -2.07. The summed E-state index contributed by atoms with van der Waals surface area (Å²) in [6.45, 7) is 1.77. The quantitative estimate of drug-likeness (QED) is 0.805. The van der Waals surface area contributed by atoms with Crippen molar-refractivity contribution >= 4 is 5.97 Å². The van der Waals surface area contributed by atoms with E-state index in [0.29, 0.717) is 11.1 Å². The third-order valence-corrected chi connectivity index (χ3v) is 3.04. The number of hydrogen-bond donors (Lipinski definition) is 0. The lowest BCUT2D eigenvalue weighted by molar-refractivity contribution is 0.0471. The van der Waals surface area contributed by atoms with Gasteiger partial charge >= 0.3 is 5.97 Å². The number of halogens is 1. The van der Waals surface area contributed by atoms with Crippen LogP contribution in [0.2, 0.25) is 0 Å². The van der Waals surface area contributed by atoms with Gasteiger partial charge in [0.15, 0.2) is 11.6 Å². The molecule has 1 aromatic carbocycles. The fraction of sp³-hybridized carbons (Fsp3) is 0.286. The average molecular weight is 278 g/mol. The molecule has 1 heterocycles. The molecule has 0 N–H and O–H groups in total. The summed E-state index contributed by atoms with van der Waals surface area (Å²) >= 11 is 0. The van der Waals surface area contributed by atoms with Gasteiger partial charge in [0.25, 0.3) is 0 Å². The zero-order valence-corrected chi connectivity index (χ0v) is 11.5. The Labute approximate surface area is 115 Å². The molecule has 1 aromatic heterocycles. The van der Waals surface area contributed by atoms with Crippen LogP contribution < -0.4 is 4.74 Å². The summed E-state index contributed by atoms with van der Waals surface area (Å²) in [4.78, 5) is 11.9. The Morgan fingerprint density at radius 1 is 1.45 bits per heavy atom. The SMILES string of the molecule is COc1ccc(COC(=O)c2cnn(C)c2C)cc1F. The highest BCUT2D eigenvalue weighted by Crippen LogP contribution is 2.18. The van der Waals surface area contributed by atoms with E-state index in [9.17, 15) is 9.18 Å². The summed E-state index contributed by atoms with van der Waals surface area (Å²) in [6, 6.07) is 4.42. The van der Waals surface area contributed by atoms with Crippen LogP contribution in [0.3, 0.4) is 0 Å². The summed E-state index contributed by atoms with van der Waals surface area (Å²) < 4.78 is 25.0. The highest BCUT2D eigenvalue weighted by atomic mass is 19.1. The molecule has 0 amide bonds. The zero-order chi connectivity index (χ0) is 14.7. The lowest BCUT2D eigenvalue weighted by atomic mass is 10.2. The van der Waals surface area contributed by atoms with E-state index in [2.05, 4.69) is 5.10 Å². The Balaban J connectivity index is 2.03. The van der Waals surface area contributed by atoms with Crippen LogP contribution in [0.5, 0.6) is 5.75 Å². The van der Waals surface area contributed by atoms with Gasteiger partial charge in [0.05, 0.1) is 13.3 Å². The van der Waals surface area contributed by atoms with Gasteiger partial charge in [-0.05, 0) is 24.6 Å². The second kappa shape index (κ2) is 5.73. The Morgan fingerprint density at radius 3 is 2.75 bits per heavy atom. The molecule has 2 rings (SSSR count). The van der Waals surface area contributed by atoms with Crippen molar-refractivity contribution in [2.45, 2.75) is 13.5 Å². The van der Waals surface area contributed by atoms with Crippen molar-refractivity contribution in [3.05, 3.63) is 47.0 Å². The van der Waals surface area contributed by atoms with E-state index >= 15 is 0 Å². The van der Waals surface area contributed by atoms with Gasteiger partial charge in [0, 0.05) is 12.7 Å². The van der Waals surface area contributed by atoms with Crippen molar-refractivity contribution in [1.29, 1.82) is 0 Å². The molecule has 0 saturated carbocycles. The molecule has 0 aliphatic rings. The monoisotopic (exact) mass is 278 g/mol. The third-order valence-electron chi connectivity index (χ3n) is 3.04. The van der Waals surface area contributed by atoms with E-state index in [-0.39, 0.29) is 12.4 Å². The van der Waals surface area contributed by atoms with Gasteiger partial charge in [0.2, 0.25) is 0 Å². The molecule has 0 aliphatic heterocycles. The molecule has 0 atom stereocenters. The summed E-state index contributed by atoms with van der Waals surface area (Å²) in [5.41, 5.74) is 1.68. The highest BCUT2D eigenvalue weighted by molar-refractivity contribution is 5.90. The van der Waals surface area contributed by atoms with E-state index in [1.165, 1.54) is 25.4 Å². The van der Waals surface area contributed by atoms with Gasteiger partial charge in [-0.15, -0.1) is 0 Å². The first-order chi connectivity index (χ1) is 9.52. The van der Waals surface area contributed by atoms with Crippen molar-refractivity contribution in [1.82, 2.24) is 9.78 Å². The number of hydrogen-bond acceptors (Lipinski definition) is 4. The maximum atomic E-state index is 13.5. The number of benzene rings is 1. The molecule has 6 heteroatoms.